The Balaban J connectivity index is 2.03. The van der Waals surface area contributed by atoms with Crippen molar-refractivity contribution in [2.45, 2.75) is 37.6 Å². The quantitative estimate of drug-likeness (QED) is 0.829. The summed E-state index contributed by atoms with van der Waals surface area (Å²) in [7, 11) is -3.35. The normalized spacial score (nSPS) is 18.2. The second-order valence-electron chi connectivity index (χ2n) is 4.63. The summed E-state index contributed by atoms with van der Waals surface area (Å²) in [6.07, 6.45) is 3.29. The molecule has 6 heteroatoms. The first-order valence-electron chi connectivity index (χ1n) is 5.78. The molecule has 1 heterocycles. The standard InChI is InChI=1S/C11H18N2O2S2/c1-2-11(3-4-11)8-13-17(14,15)10-5-9(6-12)16-7-10/h5,7,13H,2-4,6,8,12H2,1H3. The van der Waals surface area contributed by atoms with Crippen LogP contribution >= 0.6 is 11.3 Å². The van der Waals surface area contributed by atoms with Gasteiger partial charge in [0.25, 0.3) is 0 Å². The Labute approximate surface area is 106 Å². The van der Waals surface area contributed by atoms with Gasteiger partial charge in [-0.1, -0.05) is 6.92 Å². The summed E-state index contributed by atoms with van der Waals surface area (Å²) in [5.41, 5.74) is 5.70. The van der Waals surface area contributed by atoms with Crippen LogP contribution in [0.2, 0.25) is 0 Å². The van der Waals surface area contributed by atoms with Gasteiger partial charge in [-0.05, 0) is 30.7 Å². The predicted octanol–water partition coefficient (Wildman–Crippen LogP) is 1.68. The second kappa shape index (κ2) is 4.68. The lowest BCUT2D eigenvalue weighted by Gasteiger charge is -2.12. The van der Waals surface area contributed by atoms with E-state index in [2.05, 4.69) is 11.6 Å². The summed E-state index contributed by atoms with van der Waals surface area (Å²) >= 11 is 1.39. The minimum atomic E-state index is -3.35. The van der Waals surface area contributed by atoms with Gasteiger partial charge in [0.2, 0.25) is 10.0 Å². The van der Waals surface area contributed by atoms with Crippen molar-refractivity contribution in [3.05, 3.63) is 16.3 Å². The first kappa shape index (κ1) is 13.0. The number of sulfonamides is 1. The third-order valence-electron chi connectivity index (χ3n) is 3.49. The number of nitrogens with two attached hydrogens (primary N) is 1. The van der Waals surface area contributed by atoms with Crippen molar-refractivity contribution >= 4 is 21.4 Å². The van der Waals surface area contributed by atoms with E-state index in [4.69, 9.17) is 5.73 Å². The van der Waals surface area contributed by atoms with Crippen LogP contribution in [0.4, 0.5) is 0 Å². The Morgan fingerprint density at radius 1 is 1.53 bits per heavy atom. The largest absolute Gasteiger partial charge is 0.326 e. The van der Waals surface area contributed by atoms with Crippen LogP contribution in [-0.4, -0.2) is 15.0 Å². The molecular weight excluding hydrogens is 256 g/mol. The number of hydrogen-bond acceptors (Lipinski definition) is 4. The Bertz CT molecular complexity index is 489. The zero-order chi connectivity index (χ0) is 12.5. The average Bonchev–Trinajstić information content (AvgIpc) is 2.94. The summed E-state index contributed by atoms with van der Waals surface area (Å²) in [6.45, 7) is 3.05. The molecule has 0 bridgehead atoms. The molecule has 0 saturated heterocycles. The van der Waals surface area contributed by atoms with Crippen LogP contribution in [0.25, 0.3) is 0 Å². The molecule has 0 spiro atoms. The van der Waals surface area contributed by atoms with Gasteiger partial charge in [0.05, 0.1) is 4.90 Å². The van der Waals surface area contributed by atoms with Gasteiger partial charge >= 0.3 is 0 Å². The van der Waals surface area contributed by atoms with E-state index in [9.17, 15) is 8.42 Å². The summed E-state index contributed by atoms with van der Waals surface area (Å²) in [6, 6.07) is 1.65. The van der Waals surface area contributed by atoms with E-state index in [0.29, 0.717) is 18.0 Å². The third-order valence-corrected chi connectivity index (χ3v) is 5.97. The molecule has 0 radical (unpaired) electrons. The third kappa shape index (κ3) is 2.88. The average molecular weight is 274 g/mol. The van der Waals surface area contributed by atoms with Gasteiger partial charge in [0.1, 0.15) is 0 Å². The molecular formula is C11H18N2O2S2. The molecule has 17 heavy (non-hydrogen) atoms. The van der Waals surface area contributed by atoms with Crippen molar-refractivity contribution in [3.63, 3.8) is 0 Å². The lowest BCUT2D eigenvalue weighted by molar-refractivity contribution is 0.476. The van der Waals surface area contributed by atoms with Gasteiger partial charge in [-0.25, -0.2) is 13.1 Å². The molecule has 0 unspecified atom stereocenters. The van der Waals surface area contributed by atoms with E-state index in [1.54, 1.807) is 11.4 Å². The van der Waals surface area contributed by atoms with E-state index in [-0.39, 0.29) is 5.41 Å². The topological polar surface area (TPSA) is 72.2 Å². The molecule has 0 amide bonds. The molecule has 2 rings (SSSR count). The molecule has 0 aliphatic heterocycles. The summed E-state index contributed by atoms with van der Waals surface area (Å²) < 4.78 is 26.7. The van der Waals surface area contributed by atoms with E-state index >= 15 is 0 Å². The van der Waals surface area contributed by atoms with Crippen molar-refractivity contribution in [3.8, 4) is 0 Å². The van der Waals surface area contributed by atoms with E-state index in [1.807, 2.05) is 0 Å². The maximum atomic E-state index is 12.0. The van der Waals surface area contributed by atoms with E-state index in [0.717, 1.165) is 24.1 Å². The summed E-state index contributed by atoms with van der Waals surface area (Å²) in [4.78, 5) is 1.23. The van der Waals surface area contributed by atoms with Crippen LogP contribution in [0.5, 0.6) is 0 Å². The van der Waals surface area contributed by atoms with Gasteiger partial charge in [0, 0.05) is 23.3 Å². The number of rotatable bonds is 6. The highest BCUT2D eigenvalue weighted by molar-refractivity contribution is 7.89. The molecule has 96 valence electrons. The van der Waals surface area contributed by atoms with Crippen LogP contribution in [0.1, 0.15) is 31.1 Å². The van der Waals surface area contributed by atoms with Crippen LogP contribution in [-0.2, 0) is 16.6 Å². The van der Waals surface area contributed by atoms with Crippen LogP contribution in [0, 0.1) is 5.41 Å². The monoisotopic (exact) mass is 274 g/mol. The summed E-state index contributed by atoms with van der Waals surface area (Å²) in [5, 5.41) is 1.65. The lowest BCUT2D eigenvalue weighted by Crippen LogP contribution is -2.29. The summed E-state index contributed by atoms with van der Waals surface area (Å²) in [5.74, 6) is 0. The smallest absolute Gasteiger partial charge is 0.241 e. The Morgan fingerprint density at radius 3 is 2.71 bits per heavy atom. The Hall–Kier alpha value is -0.430. The van der Waals surface area contributed by atoms with Crippen molar-refractivity contribution < 1.29 is 8.42 Å². The SMILES string of the molecule is CCC1(CNS(=O)(=O)c2csc(CN)c2)CC1. The number of hydrogen-bond donors (Lipinski definition) is 2. The fourth-order valence-electron chi connectivity index (χ4n) is 1.77. The Morgan fingerprint density at radius 2 is 2.24 bits per heavy atom. The minimum Gasteiger partial charge on any atom is -0.326 e. The highest BCUT2D eigenvalue weighted by Crippen LogP contribution is 2.48. The van der Waals surface area contributed by atoms with Crippen LogP contribution in [0.15, 0.2) is 16.3 Å². The first-order valence-corrected chi connectivity index (χ1v) is 8.15. The van der Waals surface area contributed by atoms with Crippen molar-refractivity contribution in [2.24, 2.45) is 11.1 Å². The molecule has 3 N–H and O–H groups in total. The highest BCUT2D eigenvalue weighted by Gasteiger charge is 2.41. The van der Waals surface area contributed by atoms with Crippen molar-refractivity contribution in [2.75, 3.05) is 6.54 Å². The first-order chi connectivity index (χ1) is 8.01. The fourth-order valence-corrected chi connectivity index (χ4v) is 4.08. The fraction of sp³-hybridized carbons (Fsp3) is 0.636. The number of thiophene rings is 1. The molecule has 1 saturated carbocycles. The van der Waals surface area contributed by atoms with Gasteiger partial charge in [-0.3, -0.25) is 0 Å². The van der Waals surface area contributed by atoms with Crippen LogP contribution < -0.4 is 10.5 Å². The Kier molecular flexibility index (Phi) is 3.58. The van der Waals surface area contributed by atoms with E-state index in [1.165, 1.54) is 11.3 Å². The number of nitrogens with one attached hydrogen (secondary N) is 1. The van der Waals surface area contributed by atoms with Gasteiger partial charge in [0.15, 0.2) is 0 Å². The van der Waals surface area contributed by atoms with Gasteiger partial charge in [-0.2, -0.15) is 0 Å². The predicted molar refractivity (Wildman–Crippen MR) is 69.4 cm³/mol. The molecule has 1 fully saturated rings. The molecule has 1 aliphatic carbocycles. The zero-order valence-corrected chi connectivity index (χ0v) is 11.5. The highest BCUT2D eigenvalue weighted by atomic mass is 32.2. The molecule has 4 nitrogen and oxygen atoms in total. The van der Waals surface area contributed by atoms with Gasteiger partial charge in [-0.15, -0.1) is 11.3 Å². The molecule has 1 aromatic heterocycles. The van der Waals surface area contributed by atoms with Crippen LogP contribution in [0.3, 0.4) is 0 Å². The van der Waals surface area contributed by atoms with E-state index < -0.39 is 10.0 Å². The molecule has 1 aliphatic rings. The molecule has 1 aromatic rings. The second-order valence-corrected chi connectivity index (χ2v) is 7.39. The van der Waals surface area contributed by atoms with Crippen molar-refractivity contribution in [1.82, 2.24) is 4.72 Å². The van der Waals surface area contributed by atoms with Gasteiger partial charge < -0.3 is 5.73 Å². The maximum absolute atomic E-state index is 12.0. The minimum absolute atomic E-state index is 0.222. The maximum Gasteiger partial charge on any atom is 0.241 e. The zero-order valence-electron chi connectivity index (χ0n) is 9.90. The molecule has 0 aromatic carbocycles. The lowest BCUT2D eigenvalue weighted by atomic mass is 10.1. The molecule has 0 atom stereocenters. The van der Waals surface area contributed by atoms with Crippen molar-refractivity contribution in [1.29, 1.82) is 0 Å².